The fourth-order valence-corrected chi connectivity index (χ4v) is 3.75. The highest BCUT2D eigenvalue weighted by atomic mass is 32.2. The van der Waals surface area contributed by atoms with Gasteiger partial charge < -0.3 is 0 Å². The van der Waals surface area contributed by atoms with Crippen molar-refractivity contribution in [2.24, 2.45) is 0 Å². The van der Waals surface area contributed by atoms with E-state index >= 15 is 0 Å². The number of aryl methyl sites for hydroxylation is 1. The average molecular weight is 257 g/mol. The van der Waals surface area contributed by atoms with Crippen LogP contribution >= 0.6 is 0 Å². The van der Waals surface area contributed by atoms with Crippen LogP contribution in [0.1, 0.15) is 31.2 Å². The number of nitrogens with one attached hydrogen (secondary N) is 1. The van der Waals surface area contributed by atoms with Crippen molar-refractivity contribution in [3.05, 3.63) is 29.6 Å². The molecule has 1 fully saturated rings. The minimum Gasteiger partial charge on any atom is -0.208 e. The third-order valence-electron chi connectivity index (χ3n) is 3.12. The third kappa shape index (κ3) is 2.84. The molecule has 17 heavy (non-hydrogen) atoms. The van der Waals surface area contributed by atoms with Gasteiger partial charge in [0.05, 0.1) is 4.90 Å². The maximum Gasteiger partial charge on any atom is 0.241 e. The molecule has 0 radical (unpaired) electrons. The number of sulfonamides is 1. The van der Waals surface area contributed by atoms with E-state index in [0.29, 0.717) is 5.56 Å². The van der Waals surface area contributed by atoms with Crippen molar-refractivity contribution in [3.8, 4) is 0 Å². The summed E-state index contributed by atoms with van der Waals surface area (Å²) in [4.78, 5) is 0.0457. The summed E-state index contributed by atoms with van der Waals surface area (Å²) in [6, 6.07) is 3.83. The molecule has 0 aliphatic heterocycles. The van der Waals surface area contributed by atoms with Gasteiger partial charge in [-0.2, -0.15) is 0 Å². The van der Waals surface area contributed by atoms with Crippen molar-refractivity contribution in [3.63, 3.8) is 0 Å². The normalized spacial score (nSPS) is 17.5. The van der Waals surface area contributed by atoms with Crippen LogP contribution in [0.4, 0.5) is 4.39 Å². The van der Waals surface area contributed by atoms with Crippen molar-refractivity contribution in [1.29, 1.82) is 0 Å². The monoisotopic (exact) mass is 257 g/mol. The zero-order chi connectivity index (χ0) is 12.5. The lowest BCUT2D eigenvalue weighted by atomic mass is 10.2. The molecule has 1 N–H and O–H groups in total. The Hall–Kier alpha value is -0.940. The van der Waals surface area contributed by atoms with Crippen LogP contribution in [0, 0.1) is 12.7 Å². The molecule has 0 saturated heterocycles. The van der Waals surface area contributed by atoms with Gasteiger partial charge in [0.2, 0.25) is 10.0 Å². The second-order valence-electron chi connectivity index (χ2n) is 4.51. The van der Waals surface area contributed by atoms with Crippen molar-refractivity contribution >= 4 is 10.0 Å². The van der Waals surface area contributed by atoms with E-state index in [1.807, 2.05) is 0 Å². The fraction of sp³-hybridized carbons (Fsp3) is 0.500. The first-order valence-corrected chi connectivity index (χ1v) is 7.26. The third-order valence-corrected chi connectivity index (χ3v) is 4.78. The van der Waals surface area contributed by atoms with Gasteiger partial charge in [0.25, 0.3) is 0 Å². The molecule has 2 rings (SSSR count). The van der Waals surface area contributed by atoms with E-state index < -0.39 is 15.8 Å². The first-order valence-electron chi connectivity index (χ1n) is 5.77. The molecule has 0 unspecified atom stereocenters. The molecule has 0 heterocycles. The predicted molar refractivity (Wildman–Crippen MR) is 63.7 cm³/mol. The summed E-state index contributed by atoms with van der Waals surface area (Å²) in [5.74, 6) is -0.526. The standard InChI is InChI=1S/C12H16FNO2S/c1-9-6-7-10(13)8-12(9)17(15,16)14-11-4-2-3-5-11/h6-8,11,14H,2-5H2,1H3. The van der Waals surface area contributed by atoms with E-state index in [1.54, 1.807) is 6.92 Å². The van der Waals surface area contributed by atoms with Gasteiger partial charge in [0.15, 0.2) is 0 Å². The van der Waals surface area contributed by atoms with Crippen LogP contribution in [-0.4, -0.2) is 14.5 Å². The second-order valence-corrected chi connectivity index (χ2v) is 6.19. The minimum atomic E-state index is -3.59. The number of halogens is 1. The van der Waals surface area contributed by atoms with Crippen LogP contribution in [0.25, 0.3) is 0 Å². The van der Waals surface area contributed by atoms with Crippen LogP contribution < -0.4 is 4.72 Å². The maximum absolute atomic E-state index is 13.1. The molecule has 0 atom stereocenters. The Bertz CT molecular complexity index is 507. The first kappa shape index (κ1) is 12.5. The zero-order valence-corrected chi connectivity index (χ0v) is 10.6. The highest BCUT2D eigenvalue weighted by molar-refractivity contribution is 7.89. The largest absolute Gasteiger partial charge is 0.241 e. The molecular formula is C12H16FNO2S. The average Bonchev–Trinajstić information content (AvgIpc) is 2.73. The van der Waals surface area contributed by atoms with Crippen molar-refractivity contribution in [1.82, 2.24) is 4.72 Å². The molecular weight excluding hydrogens is 241 g/mol. The number of hydrogen-bond donors (Lipinski definition) is 1. The highest BCUT2D eigenvalue weighted by Gasteiger charge is 2.24. The summed E-state index contributed by atoms with van der Waals surface area (Å²) in [6.07, 6.45) is 3.84. The summed E-state index contributed by atoms with van der Waals surface area (Å²) in [5.41, 5.74) is 0.567. The van der Waals surface area contributed by atoms with Crippen LogP contribution in [-0.2, 0) is 10.0 Å². The Morgan fingerprint density at radius 2 is 1.94 bits per heavy atom. The van der Waals surface area contributed by atoms with Crippen LogP contribution in [0.3, 0.4) is 0 Å². The summed E-state index contributed by atoms with van der Waals surface area (Å²) in [7, 11) is -3.59. The molecule has 0 aromatic heterocycles. The molecule has 5 heteroatoms. The molecule has 1 aromatic carbocycles. The summed E-state index contributed by atoms with van der Waals surface area (Å²) in [5, 5.41) is 0. The zero-order valence-electron chi connectivity index (χ0n) is 9.74. The van der Waals surface area contributed by atoms with Crippen molar-refractivity contribution < 1.29 is 12.8 Å². The van der Waals surface area contributed by atoms with Gasteiger partial charge in [-0.1, -0.05) is 18.9 Å². The molecule has 3 nitrogen and oxygen atoms in total. The molecule has 1 aliphatic rings. The topological polar surface area (TPSA) is 46.2 Å². The Balaban J connectivity index is 2.27. The van der Waals surface area contributed by atoms with Crippen molar-refractivity contribution in [2.75, 3.05) is 0 Å². The number of hydrogen-bond acceptors (Lipinski definition) is 2. The Morgan fingerprint density at radius 3 is 2.59 bits per heavy atom. The van der Waals surface area contributed by atoms with Crippen molar-refractivity contribution in [2.45, 2.75) is 43.5 Å². The molecule has 1 aliphatic carbocycles. The van der Waals surface area contributed by atoms with Gasteiger partial charge in [-0.05, 0) is 37.5 Å². The van der Waals surface area contributed by atoms with Gasteiger partial charge in [-0.3, -0.25) is 0 Å². The quantitative estimate of drug-likeness (QED) is 0.903. The molecule has 0 spiro atoms. The van der Waals surface area contributed by atoms with E-state index in [1.165, 1.54) is 12.1 Å². The molecule has 94 valence electrons. The highest BCUT2D eigenvalue weighted by Crippen LogP contribution is 2.22. The Labute approximate surface area is 101 Å². The number of rotatable bonds is 3. The lowest BCUT2D eigenvalue weighted by Crippen LogP contribution is -2.33. The van der Waals surface area contributed by atoms with Gasteiger partial charge in [0, 0.05) is 6.04 Å². The van der Waals surface area contributed by atoms with Crippen LogP contribution in [0.2, 0.25) is 0 Å². The lowest BCUT2D eigenvalue weighted by Gasteiger charge is -2.14. The summed E-state index contributed by atoms with van der Waals surface area (Å²) in [6.45, 7) is 1.67. The van der Waals surface area contributed by atoms with Crippen LogP contribution in [0.5, 0.6) is 0 Å². The van der Waals surface area contributed by atoms with Gasteiger partial charge in [0.1, 0.15) is 5.82 Å². The predicted octanol–water partition coefficient (Wildman–Crippen LogP) is 2.36. The molecule has 0 bridgehead atoms. The van der Waals surface area contributed by atoms with E-state index in [4.69, 9.17) is 0 Å². The van der Waals surface area contributed by atoms with E-state index in [-0.39, 0.29) is 10.9 Å². The maximum atomic E-state index is 13.1. The van der Waals surface area contributed by atoms with E-state index in [2.05, 4.69) is 4.72 Å². The Morgan fingerprint density at radius 1 is 1.29 bits per heavy atom. The Kier molecular flexibility index (Phi) is 3.49. The van der Waals surface area contributed by atoms with E-state index in [0.717, 1.165) is 31.7 Å². The smallest absolute Gasteiger partial charge is 0.208 e. The minimum absolute atomic E-state index is 0.00247. The second kappa shape index (κ2) is 4.74. The summed E-state index contributed by atoms with van der Waals surface area (Å²) < 4.78 is 39.9. The fourth-order valence-electron chi connectivity index (χ4n) is 2.19. The SMILES string of the molecule is Cc1ccc(F)cc1S(=O)(=O)NC1CCCC1. The van der Waals surface area contributed by atoms with Gasteiger partial charge >= 0.3 is 0 Å². The van der Waals surface area contributed by atoms with Gasteiger partial charge in [-0.25, -0.2) is 17.5 Å². The van der Waals surface area contributed by atoms with E-state index in [9.17, 15) is 12.8 Å². The summed E-state index contributed by atoms with van der Waals surface area (Å²) >= 11 is 0. The van der Waals surface area contributed by atoms with Gasteiger partial charge in [-0.15, -0.1) is 0 Å². The molecule has 0 amide bonds. The molecule has 1 aromatic rings. The van der Waals surface area contributed by atoms with Crippen LogP contribution in [0.15, 0.2) is 23.1 Å². The lowest BCUT2D eigenvalue weighted by molar-refractivity contribution is 0.549. The molecule has 1 saturated carbocycles. The number of benzene rings is 1. The first-order chi connectivity index (χ1) is 7.99.